The minimum Gasteiger partial charge on any atom is -0.390 e. The van der Waals surface area contributed by atoms with Crippen LogP contribution in [0.2, 0.25) is 0 Å². The third kappa shape index (κ3) is 3.27. The van der Waals surface area contributed by atoms with Gasteiger partial charge in [0.1, 0.15) is 17.9 Å². The smallest absolute Gasteiger partial charge is 0.165 e. The lowest BCUT2D eigenvalue weighted by Crippen LogP contribution is -2.33. The first kappa shape index (κ1) is 17.8. The van der Waals surface area contributed by atoms with E-state index in [0.717, 1.165) is 0 Å². The highest BCUT2D eigenvalue weighted by molar-refractivity contribution is 5.81. The van der Waals surface area contributed by atoms with Crippen LogP contribution in [-0.2, 0) is 0 Å². The van der Waals surface area contributed by atoms with Crippen LogP contribution in [0.4, 0.5) is 5.82 Å². The normalized spacial score (nSPS) is 26.5. The van der Waals surface area contributed by atoms with E-state index in [1.165, 1.54) is 11.9 Å². The molecule has 5 atom stereocenters. The first-order chi connectivity index (χ1) is 13.1. The molecule has 0 radical (unpaired) electrons. The number of nitrogen functional groups attached to an aromatic ring is 1. The van der Waals surface area contributed by atoms with E-state index in [-0.39, 0.29) is 18.0 Å². The van der Waals surface area contributed by atoms with Gasteiger partial charge in [-0.1, -0.05) is 30.3 Å². The number of benzene rings is 1. The lowest BCUT2D eigenvalue weighted by Gasteiger charge is -2.25. The maximum Gasteiger partial charge on any atom is 0.165 e. The van der Waals surface area contributed by atoms with Crippen molar-refractivity contribution in [2.45, 2.75) is 37.6 Å². The number of hydrogen-bond donors (Lipinski definition) is 4. The molecule has 0 saturated heterocycles. The Labute approximate surface area is 157 Å². The summed E-state index contributed by atoms with van der Waals surface area (Å²) in [6.07, 6.45) is 1.83. The van der Waals surface area contributed by atoms with Gasteiger partial charge in [-0.2, -0.15) is 0 Å². The first-order valence-corrected chi connectivity index (χ1v) is 9.13. The second-order valence-electron chi connectivity index (χ2n) is 7.17. The quantitative estimate of drug-likeness (QED) is 0.531. The molecule has 4 rings (SSSR count). The van der Waals surface area contributed by atoms with E-state index in [4.69, 9.17) is 5.73 Å². The summed E-state index contributed by atoms with van der Waals surface area (Å²) in [6.45, 7) is 2.75. The van der Waals surface area contributed by atoms with Crippen LogP contribution < -0.4 is 11.1 Å². The standard InChI is InChI=1S/C19H24N6O2/c1-11(12-5-3-2-4-6-12)21-8-13-7-14(26)17(27)16(13)25-10-24-15-18(20)22-9-23-19(15)25/h2-6,9-11,13-14,16-17,21,26-27H,7-8H2,1H3,(H2,20,22,23)/t11-,13+,14+,16+,17+/m0/s1. The van der Waals surface area contributed by atoms with Gasteiger partial charge in [-0.25, -0.2) is 15.0 Å². The number of imidazole rings is 1. The molecule has 1 fully saturated rings. The summed E-state index contributed by atoms with van der Waals surface area (Å²) in [6, 6.07) is 10.0. The number of anilines is 1. The Hall–Kier alpha value is -2.55. The van der Waals surface area contributed by atoms with Crippen molar-refractivity contribution in [2.75, 3.05) is 12.3 Å². The number of aromatic nitrogens is 4. The molecule has 0 spiro atoms. The molecule has 5 N–H and O–H groups in total. The Morgan fingerprint density at radius 1 is 1.22 bits per heavy atom. The summed E-state index contributed by atoms with van der Waals surface area (Å²) >= 11 is 0. The van der Waals surface area contributed by atoms with Crippen LogP contribution in [0.25, 0.3) is 11.2 Å². The highest BCUT2D eigenvalue weighted by atomic mass is 16.3. The fourth-order valence-corrected chi connectivity index (χ4v) is 3.97. The maximum atomic E-state index is 10.6. The highest BCUT2D eigenvalue weighted by Gasteiger charge is 2.43. The van der Waals surface area contributed by atoms with E-state index >= 15 is 0 Å². The molecule has 1 aliphatic carbocycles. The summed E-state index contributed by atoms with van der Waals surface area (Å²) in [5.41, 5.74) is 8.15. The summed E-state index contributed by atoms with van der Waals surface area (Å²) < 4.78 is 1.81. The Bertz CT molecular complexity index is 915. The van der Waals surface area contributed by atoms with Crippen LogP contribution in [-0.4, -0.2) is 48.5 Å². The van der Waals surface area contributed by atoms with Gasteiger partial charge in [-0.3, -0.25) is 0 Å². The summed E-state index contributed by atoms with van der Waals surface area (Å²) in [4.78, 5) is 12.5. The number of aliphatic hydroxyl groups excluding tert-OH is 2. The molecule has 0 aliphatic heterocycles. The predicted octanol–water partition coefficient (Wildman–Crippen LogP) is 1.04. The molecule has 8 nitrogen and oxygen atoms in total. The van der Waals surface area contributed by atoms with Crippen molar-refractivity contribution in [1.29, 1.82) is 0 Å². The topological polar surface area (TPSA) is 122 Å². The minimum atomic E-state index is -0.891. The van der Waals surface area contributed by atoms with E-state index in [2.05, 4.69) is 39.3 Å². The number of nitrogens with two attached hydrogens (primary N) is 1. The zero-order valence-electron chi connectivity index (χ0n) is 15.1. The van der Waals surface area contributed by atoms with E-state index in [9.17, 15) is 10.2 Å². The molecule has 0 unspecified atom stereocenters. The van der Waals surface area contributed by atoms with E-state index in [1.54, 1.807) is 6.33 Å². The molecule has 0 bridgehead atoms. The molecule has 1 saturated carbocycles. The first-order valence-electron chi connectivity index (χ1n) is 9.13. The number of rotatable bonds is 5. The van der Waals surface area contributed by atoms with Crippen LogP contribution in [0.1, 0.15) is 31.0 Å². The van der Waals surface area contributed by atoms with Crippen molar-refractivity contribution in [1.82, 2.24) is 24.8 Å². The molecule has 1 aliphatic rings. The number of hydrogen-bond acceptors (Lipinski definition) is 7. The molecule has 3 aromatic rings. The molecule has 27 heavy (non-hydrogen) atoms. The number of nitrogens with zero attached hydrogens (tertiary/aromatic N) is 4. The Kier molecular flexibility index (Phi) is 4.77. The van der Waals surface area contributed by atoms with Gasteiger partial charge in [-0.05, 0) is 24.8 Å². The van der Waals surface area contributed by atoms with Crippen LogP contribution in [0.3, 0.4) is 0 Å². The molecular weight excluding hydrogens is 344 g/mol. The highest BCUT2D eigenvalue weighted by Crippen LogP contribution is 2.38. The van der Waals surface area contributed by atoms with Crippen LogP contribution in [0.5, 0.6) is 0 Å². The summed E-state index contributed by atoms with van der Waals surface area (Å²) in [5.74, 6) is 0.328. The van der Waals surface area contributed by atoms with E-state index in [1.807, 2.05) is 22.8 Å². The fraction of sp³-hybridized carbons (Fsp3) is 0.421. The molecular formula is C19H24N6O2. The minimum absolute atomic E-state index is 0.0229. The zero-order chi connectivity index (χ0) is 19.0. The second kappa shape index (κ2) is 7.22. The van der Waals surface area contributed by atoms with Gasteiger partial charge in [0.2, 0.25) is 0 Å². The average Bonchev–Trinajstić information content (AvgIpc) is 3.22. The number of fused-ring (bicyclic) bond motifs is 1. The third-order valence-electron chi connectivity index (χ3n) is 5.47. The van der Waals surface area contributed by atoms with E-state index in [0.29, 0.717) is 29.9 Å². The van der Waals surface area contributed by atoms with Gasteiger partial charge >= 0.3 is 0 Å². The van der Waals surface area contributed by atoms with Crippen LogP contribution in [0, 0.1) is 5.92 Å². The molecule has 2 heterocycles. The average molecular weight is 368 g/mol. The Morgan fingerprint density at radius 3 is 2.78 bits per heavy atom. The van der Waals surface area contributed by atoms with Crippen LogP contribution >= 0.6 is 0 Å². The van der Waals surface area contributed by atoms with Crippen LogP contribution in [0.15, 0.2) is 43.0 Å². The lowest BCUT2D eigenvalue weighted by molar-refractivity contribution is 0.0230. The number of aliphatic hydroxyl groups is 2. The molecule has 142 valence electrons. The van der Waals surface area contributed by atoms with Gasteiger partial charge in [0, 0.05) is 12.6 Å². The predicted molar refractivity (Wildman–Crippen MR) is 102 cm³/mol. The Morgan fingerprint density at radius 2 is 2.00 bits per heavy atom. The van der Waals surface area contributed by atoms with Crippen molar-refractivity contribution in [3.8, 4) is 0 Å². The second-order valence-corrected chi connectivity index (χ2v) is 7.17. The maximum absolute atomic E-state index is 10.6. The van der Waals surface area contributed by atoms with Crippen molar-refractivity contribution in [3.05, 3.63) is 48.5 Å². The summed E-state index contributed by atoms with van der Waals surface area (Å²) in [5, 5.41) is 24.4. The van der Waals surface area contributed by atoms with Gasteiger partial charge in [0.15, 0.2) is 11.5 Å². The fourth-order valence-electron chi connectivity index (χ4n) is 3.97. The monoisotopic (exact) mass is 368 g/mol. The SMILES string of the molecule is C[C@H](NC[C@H]1C[C@@H](O)[C@@H](O)[C@@H]1n1cnc2c(N)ncnc21)c1ccccc1. The molecule has 1 aromatic carbocycles. The van der Waals surface area contributed by atoms with Crippen molar-refractivity contribution in [3.63, 3.8) is 0 Å². The van der Waals surface area contributed by atoms with Gasteiger partial charge in [0.05, 0.1) is 18.5 Å². The summed E-state index contributed by atoms with van der Waals surface area (Å²) in [7, 11) is 0. The van der Waals surface area contributed by atoms with Crippen molar-refractivity contribution in [2.24, 2.45) is 5.92 Å². The van der Waals surface area contributed by atoms with E-state index < -0.39 is 12.2 Å². The molecule has 2 aromatic heterocycles. The Balaban J connectivity index is 1.57. The lowest BCUT2D eigenvalue weighted by atomic mass is 10.0. The zero-order valence-corrected chi connectivity index (χ0v) is 15.1. The molecule has 8 heteroatoms. The van der Waals surface area contributed by atoms with Gasteiger partial charge in [-0.15, -0.1) is 0 Å². The van der Waals surface area contributed by atoms with Crippen molar-refractivity contribution < 1.29 is 10.2 Å². The number of nitrogens with one attached hydrogen (secondary N) is 1. The largest absolute Gasteiger partial charge is 0.390 e. The van der Waals surface area contributed by atoms with Gasteiger partial charge < -0.3 is 25.8 Å². The van der Waals surface area contributed by atoms with Gasteiger partial charge in [0.25, 0.3) is 0 Å². The van der Waals surface area contributed by atoms with Crippen molar-refractivity contribution >= 4 is 17.0 Å². The third-order valence-corrected chi connectivity index (χ3v) is 5.47. The molecule has 0 amide bonds.